The third-order valence-corrected chi connectivity index (χ3v) is 4.49. The van der Waals surface area contributed by atoms with Crippen molar-refractivity contribution in [1.29, 1.82) is 0 Å². The number of benzene rings is 1. The van der Waals surface area contributed by atoms with Crippen molar-refractivity contribution in [3.05, 3.63) is 40.4 Å². The molecular weight excluding hydrogens is 228 g/mol. The second-order valence-corrected chi connectivity index (χ2v) is 5.58. The van der Waals surface area contributed by atoms with Crippen molar-refractivity contribution >= 4 is 11.3 Å². The molecule has 1 aromatic carbocycles. The second-order valence-electron chi connectivity index (χ2n) is 4.50. The minimum atomic E-state index is 0.606. The van der Waals surface area contributed by atoms with Gasteiger partial charge in [0.1, 0.15) is 5.01 Å². The van der Waals surface area contributed by atoms with Crippen LogP contribution in [0.15, 0.2) is 24.3 Å². The number of aromatic nitrogens is 1. The molecule has 1 heterocycles. The minimum Gasteiger partial charge on any atom is -0.326 e. The number of thiazole rings is 1. The summed E-state index contributed by atoms with van der Waals surface area (Å²) in [5.41, 5.74) is 9.34. The van der Waals surface area contributed by atoms with Gasteiger partial charge in [-0.15, -0.1) is 11.3 Å². The van der Waals surface area contributed by atoms with Gasteiger partial charge in [0.2, 0.25) is 0 Å². The Morgan fingerprint density at radius 1 is 1.12 bits per heavy atom. The van der Waals surface area contributed by atoms with E-state index in [2.05, 4.69) is 24.3 Å². The van der Waals surface area contributed by atoms with Crippen LogP contribution in [0.3, 0.4) is 0 Å². The van der Waals surface area contributed by atoms with Crippen molar-refractivity contribution in [3.8, 4) is 10.6 Å². The smallest absolute Gasteiger partial charge is 0.123 e. The number of nitrogens with two attached hydrogens (primary N) is 1. The largest absolute Gasteiger partial charge is 0.326 e. The predicted octanol–water partition coefficient (Wildman–Crippen LogP) is 3.15. The van der Waals surface area contributed by atoms with E-state index in [1.165, 1.54) is 46.0 Å². The highest BCUT2D eigenvalue weighted by molar-refractivity contribution is 7.15. The van der Waals surface area contributed by atoms with Crippen LogP contribution in [0.2, 0.25) is 0 Å². The first-order chi connectivity index (χ1) is 8.36. The van der Waals surface area contributed by atoms with Crippen molar-refractivity contribution in [3.63, 3.8) is 0 Å². The minimum absolute atomic E-state index is 0.606. The van der Waals surface area contributed by atoms with Gasteiger partial charge in [-0.2, -0.15) is 0 Å². The molecule has 3 rings (SSSR count). The zero-order valence-corrected chi connectivity index (χ0v) is 10.6. The van der Waals surface area contributed by atoms with Gasteiger partial charge in [-0.3, -0.25) is 0 Å². The van der Waals surface area contributed by atoms with Crippen LogP contribution in [-0.2, 0) is 19.4 Å². The summed E-state index contributed by atoms with van der Waals surface area (Å²) < 4.78 is 0. The van der Waals surface area contributed by atoms with Gasteiger partial charge in [0.25, 0.3) is 0 Å². The Morgan fingerprint density at radius 2 is 1.88 bits per heavy atom. The fraction of sp³-hybridized carbons (Fsp3) is 0.357. The molecule has 1 aliphatic carbocycles. The topological polar surface area (TPSA) is 38.9 Å². The number of hydrogen-bond donors (Lipinski definition) is 1. The molecular formula is C14H16N2S. The maximum Gasteiger partial charge on any atom is 0.123 e. The van der Waals surface area contributed by atoms with Crippen molar-refractivity contribution in [1.82, 2.24) is 4.98 Å². The first-order valence-corrected chi connectivity index (χ1v) is 6.96. The highest BCUT2D eigenvalue weighted by atomic mass is 32.1. The molecule has 1 aliphatic rings. The lowest BCUT2D eigenvalue weighted by Gasteiger charge is -2.06. The molecule has 0 spiro atoms. The van der Waals surface area contributed by atoms with Gasteiger partial charge in [0.15, 0.2) is 0 Å². The quantitative estimate of drug-likeness (QED) is 0.881. The van der Waals surface area contributed by atoms with E-state index in [0.29, 0.717) is 6.54 Å². The summed E-state index contributed by atoms with van der Waals surface area (Å²) in [6, 6.07) is 8.45. The molecule has 0 amide bonds. The molecule has 3 heteroatoms. The third kappa shape index (κ3) is 2.13. The molecule has 0 unspecified atom stereocenters. The molecule has 0 aliphatic heterocycles. The normalized spacial score (nSPS) is 14.6. The standard InChI is InChI=1S/C14H16N2S/c15-9-10-5-7-11(8-6-10)14-16-12-3-1-2-4-13(12)17-14/h5-8H,1-4,9,15H2. The Labute approximate surface area is 106 Å². The summed E-state index contributed by atoms with van der Waals surface area (Å²) in [5, 5.41) is 1.17. The average molecular weight is 244 g/mol. The highest BCUT2D eigenvalue weighted by Gasteiger charge is 2.15. The summed E-state index contributed by atoms with van der Waals surface area (Å²) in [6.45, 7) is 0.606. The molecule has 0 radical (unpaired) electrons. The predicted molar refractivity (Wildman–Crippen MR) is 72.1 cm³/mol. The molecule has 88 valence electrons. The van der Waals surface area contributed by atoms with Crippen LogP contribution in [0.25, 0.3) is 10.6 Å². The summed E-state index contributed by atoms with van der Waals surface area (Å²) >= 11 is 1.86. The van der Waals surface area contributed by atoms with Gasteiger partial charge in [-0.1, -0.05) is 24.3 Å². The SMILES string of the molecule is NCc1ccc(-c2nc3c(s2)CCCC3)cc1. The Kier molecular flexibility index (Phi) is 2.95. The van der Waals surface area contributed by atoms with Gasteiger partial charge in [-0.25, -0.2) is 4.98 Å². The zero-order valence-electron chi connectivity index (χ0n) is 9.78. The summed E-state index contributed by atoms with van der Waals surface area (Å²) in [4.78, 5) is 6.26. The van der Waals surface area contributed by atoms with E-state index >= 15 is 0 Å². The van der Waals surface area contributed by atoms with Crippen LogP contribution in [0.4, 0.5) is 0 Å². The number of aryl methyl sites for hydroxylation is 2. The average Bonchev–Trinajstić information content (AvgIpc) is 2.82. The van der Waals surface area contributed by atoms with Crippen molar-refractivity contribution in [2.45, 2.75) is 32.2 Å². The van der Waals surface area contributed by atoms with Gasteiger partial charge in [0, 0.05) is 17.0 Å². The molecule has 17 heavy (non-hydrogen) atoms. The Morgan fingerprint density at radius 3 is 2.59 bits per heavy atom. The van der Waals surface area contributed by atoms with E-state index in [1.54, 1.807) is 0 Å². The third-order valence-electron chi connectivity index (χ3n) is 3.28. The Hall–Kier alpha value is -1.19. The maximum absolute atomic E-state index is 5.61. The second kappa shape index (κ2) is 4.59. The summed E-state index contributed by atoms with van der Waals surface area (Å²) in [7, 11) is 0. The first kappa shape index (κ1) is 10.9. The van der Waals surface area contributed by atoms with Crippen molar-refractivity contribution in [2.24, 2.45) is 5.73 Å². The molecule has 0 saturated carbocycles. The van der Waals surface area contributed by atoms with Crippen LogP contribution in [0.1, 0.15) is 29.0 Å². The van der Waals surface area contributed by atoms with Crippen LogP contribution in [0.5, 0.6) is 0 Å². The molecule has 0 bridgehead atoms. The number of hydrogen-bond acceptors (Lipinski definition) is 3. The van der Waals surface area contributed by atoms with Gasteiger partial charge < -0.3 is 5.73 Å². The number of rotatable bonds is 2. The Bertz CT molecular complexity index is 490. The van der Waals surface area contributed by atoms with E-state index in [9.17, 15) is 0 Å². The molecule has 0 atom stereocenters. The fourth-order valence-corrected chi connectivity index (χ4v) is 3.41. The van der Waals surface area contributed by atoms with Gasteiger partial charge >= 0.3 is 0 Å². The van der Waals surface area contributed by atoms with E-state index in [4.69, 9.17) is 10.7 Å². The van der Waals surface area contributed by atoms with Crippen LogP contribution in [-0.4, -0.2) is 4.98 Å². The lowest BCUT2D eigenvalue weighted by molar-refractivity contribution is 0.682. The van der Waals surface area contributed by atoms with Crippen LogP contribution in [0, 0.1) is 0 Å². The molecule has 0 fully saturated rings. The van der Waals surface area contributed by atoms with Crippen molar-refractivity contribution in [2.75, 3.05) is 0 Å². The van der Waals surface area contributed by atoms with Gasteiger partial charge in [0.05, 0.1) is 5.69 Å². The van der Waals surface area contributed by atoms with E-state index in [0.717, 1.165) is 6.42 Å². The fourth-order valence-electron chi connectivity index (χ4n) is 2.26. The molecule has 2 nitrogen and oxygen atoms in total. The first-order valence-electron chi connectivity index (χ1n) is 6.15. The van der Waals surface area contributed by atoms with E-state index < -0.39 is 0 Å². The molecule has 2 N–H and O–H groups in total. The Balaban J connectivity index is 1.94. The zero-order chi connectivity index (χ0) is 11.7. The lowest BCUT2D eigenvalue weighted by atomic mass is 10.0. The molecule has 0 saturated heterocycles. The lowest BCUT2D eigenvalue weighted by Crippen LogP contribution is -1.98. The molecule has 2 aromatic rings. The van der Waals surface area contributed by atoms with E-state index in [-0.39, 0.29) is 0 Å². The molecule has 1 aromatic heterocycles. The number of fused-ring (bicyclic) bond motifs is 1. The van der Waals surface area contributed by atoms with Gasteiger partial charge in [-0.05, 0) is 31.2 Å². The monoisotopic (exact) mass is 244 g/mol. The summed E-state index contributed by atoms with van der Waals surface area (Å²) in [6.07, 6.45) is 4.99. The summed E-state index contributed by atoms with van der Waals surface area (Å²) in [5.74, 6) is 0. The van der Waals surface area contributed by atoms with Crippen LogP contribution < -0.4 is 5.73 Å². The van der Waals surface area contributed by atoms with E-state index in [1.807, 2.05) is 11.3 Å². The van der Waals surface area contributed by atoms with Crippen LogP contribution >= 0.6 is 11.3 Å². The highest BCUT2D eigenvalue weighted by Crippen LogP contribution is 2.32. The number of nitrogens with zero attached hydrogens (tertiary/aromatic N) is 1. The van der Waals surface area contributed by atoms with Crippen molar-refractivity contribution < 1.29 is 0 Å². The maximum atomic E-state index is 5.61.